The molecule has 10 heteroatoms. The summed E-state index contributed by atoms with van der Waals surface area (Å²) in [6, 6.07) is 0. The van der Waals surface area contributed by atoms with Gasteiger partial charge in [0.25, 0.3) is 0 Å². The number of carbonyl (C=O) groups excluding carboxylic acids is 2. The molecule has 0 radical (unpaired) electrons. The van der Waals surface area contributed by atoms with Crippen molar-refractivity contribution < 1.29 is 49.0 Å². The zero-order valence-electron chi connectivity index (χ0n) is 28.8. The van der Waals surface area contributed by atoms with E-state index in [2.05, 4.69) is 19.1 Å². The van der Waals surface area contributed by atoms with Gasteiger partial charge in [-0.2, -0.15) is 0 Å². The number of carbonyl (C=O) groups is 2. The Balaban J connectivity index is 2.11. The van der Waals surface area contributed by atoms with Crippen LogP contribution in [0.25, 0.3) is 0 Å². The van der Waals surface area contributed by atoms with Crippen molar-refractivity contribution in [2.75, 3.05) is 19.8 Å². The molecule has 4 N–H and O–H groups in total. The Kier molecular flexibility index (Phi) is 26.3. The number of rotatable bonds is 29. The van der Waals surface area contributed by atoms with E-state index in [0.29, 0.717) is 6.42 Å². The number of ether oxygens (including phenoxy) is 4. The highest BCUT2D eigenvalue weighted by Crippen LogP contribution is 2.22. The monoisotopic (exact) mass is 658 g/mol. The molecule has 0 saturated carbocycles. The molecule has 6 atom stereocenters. The lowest BCUT2D eigenvalue weighted by atomic mass is 9.99. The Bertz CT molecular complexity index is 774. The van der Waals surface area contributed by atoms with E-state index < -0.39 is 55.4 Å². The quantitative estimate of drug-likeness (QED) is 0.0425. The largest absolute Gasteiger partial charge is 0.462 e. The number of unbranched alkanes of at least 4 members (excludes halogenated alkanes) is 17. The van der Waals surface area contributed by atoms with Gasteiger partial charge in [-0.25, -0.2) is 0 Å². The van der Waals surface area contributed by atoms with Gasteiger partial charge in [-0.3, -0.25) is 9.59 Å². The van der Waals surface area contributed by atoms with Crippen LogP contribution in [0.4, 0.5) is 0 Å². The lowest BCUT2D eigenvalue weighted by molar-refractivity contribution is -0.305. The first-order chi connectivity index (χ1) is 22.3. The summed E-state index contributed by atoms with van der Waals surface area (Å²) >= 11 is 0. The van der Waals surface area contributed by atoms with Crippen molar-refractivity contribution in [3.05, 3.63) is 12.2 Å². The van der Waals surface area contributed by atoms with Gasteiger partial charge in [-0.05, 0) is 32.1 Å². The molecular weight excluding hydrogens is 592 g/mol. The second kappa shape index (κ2) is 28.5. The highest BCUT2D eigenvalue weighted by atomic mass is 16.7. The van der Waals surface area contributed by atoms with Gasteiger partial charge in [0.05, 0.1) is 13.2 Å². The summed E-state index contributed by atoms with van der Waals surface area (Å²) in [5, 5.41) is 39.4. The van der Waals surface area contributed by atoms with Crippen molar-refractivity contribution in [1.82, 2.24) is 0 Å². The van der Waals surface area contributed by atoms with Crippen molar-refractivity contribution in [2.45, 2.75) is 185 Å². The van der Waals surface area contributed by atoms with Crippen LogP contribution in [0.5, 0.6) is 0 Å². The summed E-state index contributed by atoms with van der Waals surface area (Å²) in [5.41, 5.74) is 0. The van der Waals surface area contributed by atoms with Crippen LogP contribution in [0.1, 0.15) is 149 Å². The maximum absolute atomic E-state index is 12.5. The van der Waals surface area contributed by atoms with E-state index in [4.69, 9.17) is 18.9 Å². The van der Waals surface area contributed by atoms with Crippen LogP contribution in [0.3, 0.4) is 0 Å². The molecule has 0 aromatic carbocycles. The molecule has 270 valence electrons. The third kappa shape index (κ3) is 20.6. The van der Waals surface area contributed by atoms with Crippen molar-refractivity contribution >= 4 is 11.9 Å². The second-order valence-corrected chi connectivity index (χ2v) is 12.6. The third-order valence-electron chi connectivity index (χ3n) is 8.45. The minimum Gasteiger partial charge on any atom is -0.462 e. The SMILES string of the molecule is CCCCCCCCCC/C=C\CCCCCCCCCCCC(=O)OC(COC(=O)CC)COC1OC(CO)C(O)C(O)C1O. The van der Waals surface area contributed by atoms with E-state index in [1.807, 2.05) is 0 Å². The number of hydrogen-bond acceptors (Lipinski definition) is 10. The van der Waals surface area contributed by atoms with E-state index in [1.54, 1.807) is 6.92 Å². The highest BCUT2D eigenvalue weighted by Gasteiger charge is 2.44. The molecule has 46 heavy (non-hydrogen) atoms. The molecule has 0 aromatic rings. The van der Waals surface area contributed by atoms with Gasteiger partial charge in [0, 0.05) is 12.8 Å². The molecule has 10 nitrogen and oxygen atoms in total. The average Bonchev–Trinajstić information content (AvgIpc) is 3.06. The van der Waals surface area contributed by atoms with Crippen LogP contribution >= 0.6 is 0 Å². The Morgan fingerprint density at radius 2 is 1.20 bits per heavy atom. The van der Waals surface area contributed by atoms with Gasteiger partial charge in [-0.15, -0.1) is 0 Å². The number of aliphatic hydroxyl groups is 4. The third-order valence-corrected chi connectivity index (χ3v) is 8.45. The lowest BCUT2D eigenvalue weighted by Gasteiger charge is -2.39. The van der Waals surface area contributed by atoms with E-state index in [9.17, 15) is 30.0 Å². The van der Waals surface area contributed by atoms with Gasteiger partial charge in [0.2, 0.25) is 0 Å². The Morgan fingerprint density at radius 1 is 0.674 bits per heavy atom. The molecule has 1 heterocycles. The molecule has 1 fully saturated rings. The molecule has 0 spiro atoms. The van der Waals surface area contributed by atoms with E-state index in [-0.39, 0.29) is 26.1 Å². The summed E-state index contributed by atoms with van der Waals surface area (Å²) in [5.74, 6) is -0.906. The Hall–Kier alpha value is -1.56. The van der Waals surface area contributed by atoms with Crippen LogP contribution in [-0.4, -0.2) is 89.0 Å². The predicted molar refractivity (Wildman–Crippen MR) is 178 cm³/mol. The fraction of sp³-hybridized carbons (Fsp3) is 0.889. The van der Waals surface area contributed by atoms with Crippen molar-refractivity contribution in [1.29, 1.82) is 0 Å². The van der Waals surface area contributed by atoms with Gasteiger partial charge in [-0.1, -0.05) is 116 Å². The topological polar surface area (TPSA) is 152 Å². The minimum absolute atomic E-state index is 0.158. The van der Waals surface area contributed by atoms with Gasteiger partial charge >= 0.3 is 11.9 Å². The van der Waals surface area contributed by atoms with Gasteiger partial charge in [0.1, 0.15) is 31.0 Å². The molecule has 1 aliphatic heterocycles. The molecule has 1 aliphatic rings. The summed E-state index contributed by atoms with van der Waals surface area (Å²) in [4.78, 5) is 24.1. The maximum atomic E-state index is 12.5. The molecule has 1 saturated heterocycles. The molecular formula is C36H66O10. The van der Waals surface area contributed by atoms with Crippen molar-refractivity contribution in [3.63, 3.8) is 0 Å². The van der Waals surface area contributed by atoms with Crippen molar-refractivity contribution in [3.8, 4) is 0 Å². The van der Waals surface area contributed by atoms with Crippen LogP contribution in [-0.2, 0) is 28.5 Å². The van der Waals surface area contributed by atoms with E-state index in [0.717, 1.165) is 19.3 Å². The normalized spacial score (nSPS) is 22.3. The summed E-state index contributed by atoms with van der Waals surface area (Å²) in [7, 11) is 0. The minimum atomic E-state index is -1.59. The van der Waals surface area contributed by atoms with E-state index in [1.165, 1.54) is 96.3 Å². The van der Waals surface area contributed by atoms with Crippen LogP contribution in [0.2, 0.25) is 0 Å². The molecule has 1 rings (SSSR count). The summed E-state index contributed by atoms with van der Waals surface area (Å²) < 4.78 is 21.4. The molecule has 0 bridgehead atoms. The maximum Gasteiger partial charge on any atom is 0.306 e. The van der Waals surface area contributed by atoms with Crippen LogP contribution in [0.15, 0.2) is 12.2 Å². The fourth-order valence-corrected chi connectivity index (χ4v) is 5.46. The van der Waals surface area contributed by atoms with Crippen LogP contribution < -0.4 is 0 Å². The summed E-state index contributed by atoms with van der Waals surface area (Å²) in [6.45, 7) is 2.81. The lowest BCUT2D eigenvalue weighted by Crippen LogP contribution is -2.59. The molecule has 6 unspecified atom stereocenters. The molecule has 0 aliphatic carbocycles. The Labute approximate surface area is 278 Å². The van der Waals surface area contributed by atoms with E-state index >= 15 is 0 Å². The first-order valence-electron chi connectivity index (χ1n) is 18.3. The average molecular weight is 659 g/mol. The Morgan fingerprint density at radius 3 is 1.72 bits per heavy atom. The predicted octanol–water partition coefficient (Wildman–Crippen LogP) is 6.05. The zero-order chi connectivity index (χ0) is 33.8. The number of allylic oxidation sites excluding steroid dienone is 2. The van der Waals surface area contributed by atoms with Crippen molar-refractivity contribution in [2.24, 2.45) is 0 Å². The van der Waals surface area contributed by atoms with Gasteiger partial charge < -0.3 is 39.4 Å². The number of hydrogen-bond donors (Lipinski definition) is 4. The smallest absolute Gasteiger partial charge is 0.306 e. The standard InChI is InChI=1S/C36H66O10/c1-3-5-6-7-8-9-10-11-12-13-14-15-16-17-18-19-20-21-22-23-24-25-32(39)45-29(27-43-31(38)4-2)28-44-36-35(42)34(41)33(40)30(26-37)46-36/h13-14,29-30,33-37,40-42H,3-12,15-28H2,1-2H3/b14-13-. The number of aliphatic hydroxyl groups excluding tert-OH is 4. The zero-order valence-corrected chi connectivity index (χ0v) is 28.8. The molecule has 0 amide bonds. The molecule has 0 aromatic heterocycles. The van der Waals surface area contributed by atoms with Crippen LogP contribution in [0, 0.1) is 0 Å². The fourth-order valence-electron chi connectivity index (χ4n) is 5.46. The highest BCUT2D eigenvalue weighted by molar-refractivity contribution is 5.70. The van der Waals surface area contributed by atoms with Gasteiger partial charge in [0.15, 0.2) is 12.4 Å². The number of esters is 2. The first-order valence-corrected chi connectivity index (χ1v) is 18.3. The first kappa shape index (κ1) is 42.5. The second-order valence-electron chi connectivity index (χ2n) is 12.6. The summed E-state index contributed by atoms with van der Waals surface area (Å²) in [6.07, 6.45) is 20.5.